The van der Waals surface area contributed by atoms with Crippen LogP contribution in [0, 0.1) is 12.8 Å². The zero-order chi connectivity index (χ0) is 8.72. The second-order valence-corrected chi connectivity index (χ2v) is 5.56. The molecule has 3 heteroatoms. The van der Waals surface area contributed by atoms with Crippen molar-refractivity contribution >= 4 is 27.3 Å². The van der Waals surface area contributed by atoms with E-state index in [9.17, 15) is 0 Å². The van der Waals surface area contributed by atoms with Gasteiger partial charge in [-0.1, -0.05) is 0 Å². The zero-order valence-electron chi connectivity index (χ0n) is 7.01. The highest BCUT2D eigenvalue weighted by atomic mass is 79.9. The van der Waals surface area contributed by atoms with Crippen LogP contribution in [0.25, 0.3) is 0 Å². The lowest BCUT2D eigenvalue weighted by Crippen LogP contribution is -2.10. The number of hydrogen-bond donors (Lipinski definition) is 1. The molecular formula is C9H12BrNS. The van der Waals surface area contributed by atoms with Gasteiger partial charge in [0.25, 0.3) is 0 Å². The Balaban J connectivity index is 2.21. The van der Waals surface area contributed by atoms with Crippen LogP contribution < -0.4 is 5.73 Å². The van der Waals surface area contributed by atoms with E-state index >= 15 is 0 Å². The van der Waals surface area contributed by atoms with Gasteiger partial charge in [0.05, 0.1) is 0 Å². The van der Waals surface area contributed by atoms with E-state index in [4.69, 9.17) is 5.73 Å². The Morgan fingerprint density at radius 3 is 2.75 bits per heavy atom. The van der Waals surface area contributed by atoms with E-state index in [0.717, 1.165) is 5.92 Å². The fourth-order valence-electron chi connectivity index (χ4n) is 1.33. The summed E-state index contributed by atoms with van der Waals surface area (Å²) < 4.78 is 1.21. The Bertz CT molecular complexity index is 271. The van der Waals surface area contributed by atoms with E-state index < -0.39 is 0 Å². The molecule has 0 amide bonds. The van der Waals surface area contributed by atoms with Gasteiger partial charge in [0.15, 0.2) is 0 Å². The Morgan fingerprint density at radius 1 is 1.67 bits per heavy atom. The van der Waals surface area contributed by atoms with E-state index in [1.165, 1.54) is 27.1 Å². The van der Waals surface area contributed by atoms with Crippen molar-refractivity contribution in [1.82, 2.24) is 0 Å². The van der Waals surface area contributed by atoms with Crippen LogP contribution in [0.1, 0.15) is 28.6 Å². The highest BCUT2D eigenvalue weighted by molar-refractivity contribution is 9.10. The van der Waals surface area contributed by atoms with Gasteiger partial charge in [0, 0.05) is 20.3 Å². The molecule has 1 nitrogen and oxygen atoms in total. The topological polar surface area (TPSA) is 26.0 Å². The van der Waals surface area contributed by atoms with E-state index in [1.807, 2.05) is 11.3 Å². The van der Waals surface area contributed by atoms with Crippen molar-refractivity contribution in [3.63, 3.8) is 0 Å². The van der Waals surface area contributed by atoms with Crippen molar-refractivity contribution in [2.75, 3.05) is 0 Å². The molecule has 0 aromatic carbocycles. The Kier molecular flexibility index (Phi) is 2.27. The predicted molar refractivity (Wildman–Crippen MR) is 56.4 cm³/mol. The Hall–Kier alpha value is 0.140. The molecule has 1 unspecified atom stereocenters. The molecule has 0 radical (unpaired) electrons. The molecule has 1 saturated carbocycles. The van der Waals surface area contributed by atoms with E-state index in [0.29, 0.717) is 6.04 Å². The lowest BCUT2D eigenvalue weighted by Gasteiger charge is -2.05. The summed E-state index contributed by atoms with van der Waals surface area (Å²) in [5.74, 6) is 0.759. The molecule has 1 aliphatic rings. The summed E-state index contributed by atoms with van der Waals surface area (Å²) in [4.78, 5) is 2.67. The molecule has 2 N–H and O–H groups in total. The zero-order valence-corrected chi connectivity index (χ0v) is 9.41. The molecule has 1 heterocycles. The van der Waals surface area contributed by atoms with Crippen LogP contribution in [0.15, 0.2) is 10.5 Å². The standard InChI is InChI=1S/C9H12BrNS/c1-5-7(10)4-8(12-5)9(11)6-2-3-6/h4,6,9H,2-3,11H2,1H3. The fourth-order valence-corrected chi connectivity index (χ4v) is 2.99. The Morgan fingerprint density at radius 2 is 2.33 bits per heavy atom. The molecule has 66 valence electrons. The minimum atomic E-state index is 0.292. The van der Waals surface area contributed by atoms with Crippen LogP contribution in [0.3, 0.4) is 0 Å². The first-order chi connectivity index (χ1) is 5.68. The second-order valence-electron chi connectivity index (χ2n) is 3.42. The van der Waals surface area contributed by atoms with Crippen LogP contribution in [0.5, 0.6) is 0 Å². The van der Waals surface area contributed by atoms with Crippen LogP contribution in [0.4, 0.5) is 0 Å². The summed E-state index contributed by atoms with van der Waals surface area (Å²) in [6.45, 7) is 2.12. The normalized spacial score (nSPS) is 19.6. The molecule has 12 heavy (non-hydrogen) atoms. The number of thiophene rings is 1. The fraction of sp³-hybridized carbons (Fsp3) is 0.556. The second kappa shape index (κ2) is 3.13. The third-order valence-corrected chi connectivity index (χ3v) is 4.57. The average molecular weight is 246 g/mol. The largest absolute Gasteiger partial charge is 0.323 e. The van der Waals surface area contributed by atoms with Crippen molar-refractivity contribution in [3.8, 4) is 0 Å². The molecule has 1 aromatic rings. The van der Waals surface area contributed by atoms with Gasteiger partial charge in [0.1, 0.15) is 0 Å². The van der Waals surface area contributed by atoms with E-state index in [1.54, 1.807) is 0 Å². The van der Waals surface area contributed by atoms with Gasteiger partial charge in [-0.15, -0.1) is 11.3 Å². The number of hydrogen-bond acceptors (Lipinski definition) is 2. The first-order valence-electron chi connectivity index (χ1n) is 4.20. The highest BCUT2D eigenvalue weighted by Crippen LogP contribution is 2.42. The first-order valence-corrected chi connectivity index (χ1v) is 5.81. The van der Waals surface area contributed by atoms with Gasteiger partial charge in [-0.05, 0) is 47.7 Å². The third kappa shape index (κ3) is 1.58. The predicted octanol–water partition coefficient (Wildman–Crippen LogP) is 3.23. The number of rotatable bonds is 2. The summed E-state index contributed by atoms with van der Waals surface area (Å²) in [5, 5.41) is 0. The smallest absolute Gasteiger partial charge is 0.0418 e. The number of aryl methyl sites for hydroxylation is 1. The van der Waals surface area contributed by atoms with Gasteiger partial charge in [0.2, 0.25) is 0 Å². The molecule has 0 aliphatic heterocycles. The summed E-state index contributed by atoms with van der Waals surface area (Å²) >= 11 is 5.33. The van der Waals surface area contributed by atoms with Crippen molar-refractivity contribution in [2.24, 2.45) is 11.7 Å². The quantitative estimate of drug-likeness (QED) is 0.851. The van der Waals surface area contributed by atoms with E-state index in [2.05, 4.69) is 28.9 Å². The summed E-state index contributed by atoms with van der Waals surface area (Å²) in [7, 11) is 0. The van der Waals surface area contributed by atoms with Crippen LogP contribution >= 0.6 is 27.3 Å². The number of nitrogens with two attached hydrogens (primary N) is 1. The van der Waals surface area contributed by atoms with Gasteiger partial charge in [-0.2, -0.15) is 0 Å². The molecular weight excluding hydrogens is 234 g/mol. The molecule has 1 aromatic heterocycles. The van der Waals surface area contributed by atoms with Crippen LogP contribution in [0.2, 0.25) is 0 Å². The van der Waals surface area contributed by atoms with Gasteiger partial charge in [-0.25, -0.2) is 0 Å². The molecule has 1 fully saturated rings. The lowest BCUT2D eigenvalue weighted by molar-refractivity contribution is 0.644. The van der Waals surface area contributed by atoms with Crippen molar-refractivity contribution in [2.45, 2.75) is 25.8 Å². The first kappa shape index (κ1) is 8.73. The van der Waals surface area contributed by atoms with E-state index in [-0.39, 0.29) is 0 Å². The van der Waals surface area contributed by atoms with Gasteiger partial charge in [-0.3, -0.25) is 0 Å². The minimum absolute atomic E-state index is 0.292. The number of halogens is 1. The molecule has 0 spiro atoms. The maximum absolute atomic E-state index is 6.07. The van der Waals surface area contributed by atoms with Crippen molar-refractivity contribution < 1.29 is 0 Å². The maximum Gasteiger partial charge on any atom is 0.0418 e. The van der Waals surface area contributed by atoms with Crippen molar-refractivity contribution in [1.29, 1.82) is 0 Å². The van der Waals surface area contributed by atoms with Crippen molar-refractivity contribution in [3.05, 3.63) is 20.3 Å². The minimum Gasteiger partial charge on any atom is -0.323 e. The Labute approximate surface area is 85.1 Å². The summed E-state index contributed by atoms with van der Waals surface area (Å²) in [6, 6.07) is 2.46. The molecule has 1 atom stereocenters. The van der Waals surface area contributed by atoms with Crippen LogP contribution in [-0.2, 0) is 0 Å². The third-order valence-electron chi connectivity index (χ3n) is 2.33. The van der Waals surface area contributed by atoms with Crippen LogP contribution in [-0.4, -0.2) is 0 Å². The van der Waals surface area contributed by atoms with Gasteiger partial charge >= 0.3 is 0 Å². The SMILES string of the molecule is Cc1sc(C(N)C2CC2)cc1Br. The maximum atomic E-state index is 6.07. The summed E-state index contributed by atoms with van der Waals surface area (Å²) in [6.07, 6.45) is 2.63. The lowest BCUT2D eigenvalue weighted by atomic mass is 10.2. The van der Waals surface area contributed by atoms with Gasteiger partial charge < -0.3 is 5.73 Å². The summed E-state index contributed by atoms with van der Waals surface area (Å²) in [5.41, 5.74) is 6.07. The average Bonchev–Trinajstić information content (AvgIpc) is 2.80. The molecule has 1 aliphatic carbocycles. The molecule has 0 saturated heterocycles. The molecule has 2 rings (SSSR count). The highest BCUT2D eigenvalue weighted by Gasteiger charge is 2.30. The molecule has 0 bridgehead atoms. The monoisotopic (exact) mass is 245 g/mol.